The fourth-order valence-electron chi connectivity index (χ4n) is 4.16. The van der Waals surface area contributed by atoms with Crippen molar-refractivity contribution in [2.45, 2.75) is 12.5 Å². The molecule has 3 aromatic rings. The summed E-state index contributed by atoms with van der Waals surface area (Å²) in [6.07, 6.45) is 0.692. The summed E-state index contributed by atoms with van der Waals surface area (Å²) in [5.74, 6) is 0.898. The normalized spacial score (nSPS) is 14.9. The van der Waals surface area contributed by atoms with E-state index in [4.69, 9.17) is 9.47 Å². The Bertz CT molecular complexity index is 1100. The number of amides is 2. The summed E-state index contributed by atoms with van der Waals surface area (Å²) >= 11 is 0. The largest absolute Gasteiger partial charge is 0.493 e. The zero-order valence-corrected chi connectivity index (χ0v) is 18.2. The molecule has 1 atom stereocenters. The molecular formula is C26H26N2O4. The molecule has 0 saturated heterocycles. The molecule has 0 bridgehead atoms. The van der Waals surface area contributed by atoms with E-state index in [-0.39, 0.29) is 24.4 Å². The standard InChI is InChI=1S/C26H26N2O4/c1-31-22-15-20-13-14-28(24(29)17-27-26(30)19-11-7-4-8-12-19)25(18-9-5-3-6-10-18)21(20)16-23(22)32-2/h3-12,15-16,25H,13-14,17H2,1-2H3,(H,27,30). The van der Waals surface area contributed by atoms with Crippen LogP contribution in [0.4, 0.5) is 0 Å². The third kappa shape index (κ3) is 4.30. The molecule has 1 aliphatic rings. The third-order valence-electron chi connectivity index (χ3n) is 5.75. The average molecular weight is 431 g/mol. The van der Waals surface area contributed by atoms with E-state index >= 15 is 0 Å². The number of nitrogens with one attached hydrogen (secondary N) is 1. The molecule has 0 aromatic heterocycles. The highest BCUT2D eigenvalue weighted by Crippen LogP contribution is 2.40. The van der Waals surface area contributed by atoms with Crippen LogP contribution in [0.15, 0.2) is 72.8 Å². The number of carbonyl (C=O) groups excluding carboxylic acids is 2. The van der Waals surface area contributed by atoms with Gasteiger partial charge in [-0.2, -0.15) is 0 Å². The van der Waals surface area contributed by atoms with Crippen molar-refractivity contribution >= 4 is 11.8 Å². The van der Waals surface area contributed by atoms with E-state index in [2.05, 4.69) is 5.32 Å². The summed E-state index contributed by atoms with van der Waals surface area (Å²) in [5, 5.41) is 2.76. The van der Waals surface area contributed by atoms with Gasteiger partial charge in [-0.3, -0.25) is 9.59 Å². The number of fused-ring (bicyclic) bond motifs is 1. The van der Waals surface area contributed by atoms with Gasteiger partial charge in [0.25, 0.3) is 5.91 Å². The minimum Gasteiger partial charge on any atom is -0.493 e. The van der Waals surface area contributed by atoms with E-state index < -0.39 is 0 Å². The van der Waals surface area contributed by atoms with Gasteiger partial charge < -0.3 is 19.7 Å². The van der Waals surface area contributed by atoms with Crippen LogP contribution in [-0.2, 0) is 11.2 Å². The Labute approximate surface area is 187 Å². The van der Waals surface area contributed by atoms with Crippen LogP contribution in [0.5, 0.6) is 11.5 Å². The quantitative estimate of drug-likeness (QED) is 0.649. The molecule has 0 aliphatic carbocycles. The third-order valence-corrected chi connectivity index (χ3v) is 5.75. The lowest BCUT2D eigenvalue weighted by atomic mass is 9.87. The van der Waals surface area contributed by atoms with E-state index in [0.717, 1.165) is 16.7 Å². The lowest BCUT2D eigenvalue weighted by Crippen LogP contribution is -2.45. The molecule has 1 heterocycles. The van der Waals surface area contributed by atoms with Crippen LogP contribution in [-0.4, -0.2) is 44.0 Å². The summed E-state index contributed by atoms with van der Waals surface area (Å²) in [4.78, 5) is 27.5. The lowest BCUT2D eigenvalue weighted by Gasteiger charge is -2.38. The van der Waals surface area contributed by atoms with E-state index in [0.29, 0.717) is 30.0 Å². The summed E-state index contributed by atoms with van der Waals surface area (Å²) in [5.41, 5.74) is 3.65. The maximum atomic E-state index is 13.3. The molecule has 4 rings (SSSR count). The number of nitrogens with zero attached hydrogens (tertiary/aromatic N) is 1. The van der Waals surface area contributed by atoms with Gasteiger partial charge in [0.1, 0.15) is 0 Å². The summed E-state index contributed by atoms with van der Waals surface area (Å²) in [6, 6.07) is 22.5. The Morgan fingerprint density at radius 2 is 1.56 bits per heavy atom. The molecule has 2 amide bonds. The van der Waals surface area contributed by atoms with Gasteiger partial charge in [0, 0.05) is 12.1 Å². The van der Waals surface area contributed by atoms with Gasteiger partial charge in [-0.15, -0.1) is 0 Å². The number of hydrogen-bond acceptors (Lipinski definition) is 4. The molecule has 6 nitrogen and oxygen atoms in total. The van der Waals surface area contributed by atoms with E-state index in [1.54, 1.807) is 38.5 Å². The van der Waals surface area contributed by atoms with Crippen molar-refractivity contribution < 1.29 is 19.1 Å². The second kappa shape index (κ2) is 9.56. The zero-order chi connectivity index (χ0) is 22.5. The van der Waals surface area contributed by atoms with Gasteiger partial charge >= 0.3 is 0 Å². The van der Waals surface area contributed by atoms with Crippen molar-refractivity contribution in [1.29, 1.82) is 0 Å². The summed E-state index contributed by atoms with van der Waals surface area (Å²) < 4.78 is 11.0. The fourth-order valence-corrected chi connectivity index (χ4v) is 4.16. The topological polar surface area (TPSA) is 67.9 Å². The molecule has 0 radical (unpaired) electrons. The lowest BCUT2D eigenvalue weighted by molar-refractivity contribution is -0.132. The van der Waals surface area contributed by atoms with Crippen LogP contribution in [0.1, 0.15) is 33.1 Å². The minimum atomic E-state index is -0.277. The Kier molecular flexibility index (Phi) is 6.40. The van der Waals surface area contributed by atoms with E-state index in [9.17, 15) is 9.59 Å². The van der Waals surface area contributed by atoms with Gasteiger partial charge in [0.2, 0.25) is 5.91 Å². The van der Waals surface area contributed by atoms with Crippen molar-refractivity contribution in [2.75, 3.05) is 27.3 Å². The number of ether oxygens (including phenoxy) is 2. The Morgan fingerprint density at radius 1 is 0.938 bits per heavy atom. The maximum Gasteiger partial charge on any atom is 0.251 e. The second-order valence-electron chi connectivity index (χ2n) is 7.61. The zero-order valence-electron chi connectivity index (χ0n) is 18.2. The first kappa shape index (κ1) is 21.4. The minimum absolute atomic E-state index is 0.0698. The van der Waals surface area contributed by atoms with Crippen molar-refractivity contribution in [3.63, 3.8) is 0 Å². The highest BCUT2D eigenvalue weighted by atomic mass is 16.5. The molecular weight excluding hydrogens is 404 g/mol. The van der Waals surface area contributed by atoms with Gasteiger partial charge in [-0.1, -0.05) is 48.5 Å². The van der Waals surface area contributed by atoms with Crippen molar-refractivity contribution in [3.05, 3.63) is 95.1 Å². The number of carbonyl (C=O) groups is 2. The number of hydrogen-bond donors (Lipinski definition) is 1. The molecule has 164 valence electrons. The molecule has 0 fully saturated rings. The first-order chi connectivity index (χ1) is 15.6. The molecule has 1 N–H and O–H groups in total. The van der Waals surface area contributed by atoms with E-state index in [1.165, 1.54) is 0 Å². The number of methoxy groups -OCH3 is 2. The highest BCUT2D eigenvalue weighted by molar-refractivity contribution is 5.96. The van der Waals surface area contributed by atoms with Gasteiger partial charge in [-0.25, -0.2) is 0 Å². The molecule has 3 aromatic carbocycles. The van der Waals surface area contributed by atoms with Crippen LogP contribution >= 0.6 is 0 Å². The summed E-state index contributed by atoms with van der Waals surface area (Å²) in [6.45, 7) is 0.474. The van der Waals surface area contributed by atoms with Gasteiger partial charge in [0.15, 0.2) is 11.5 Å². The van der Waals surface area contributed by atoms with E-state index in [1.807, 2.05) is 53.4 Å². The van der Waals surface area contributed by atoms with Gasteiger partial charge in [-0.05, 0) is 47.4 Å². The van der Waals surface area contributed by atoms with Crippen LogP contribution in [0.3, 0.4) is 0 Å². The first-order valence-electron chi connectivity index (χ1n) is 10.5. The predicted octanol–water partition coefficient (Wildman–Crippen LogP) is 3.61. The molecule has 0 spiro atoms. The average Bonchev–Trinajstić information content (AvgIpc) is 2.86. The van der Waals surface area contributed by atoms with Crippen LogP contribution in [0.2, 0.25) is 0 Å². The van der Waals surface area contributed by atoms with Crippen molar-refractivity contribution in [2.24, 2.45) is 0 Å². The van der Waals surface area contributed by atoms with Crippen LogP contribution < -0.4 is 14.8 Å². The van der Waals surface area contributed by atoms with Crippen LogP contribution in [0, 0.1) is 0 Å². The fraction of sp³-hybridized carbons (Fsp3) is 0.231. The Hall–Kier alpha value is -3.80. The SMILES string of the molecule is COc1cc2c(cc1OC)C(c1ccccc1)N(C(=O)CNC(=O)c1ccccc1)CC2. The van der Waals surface area contributed by atoms with Gasteiger partial charge in [0.05, 0.1) is 26.8 Å². The Morgan fingerprint density at radius 3 is 2.22 bits per heavy atom. The highest BCUT2D eigenvalue weighted by Gasteiger charge is 2.33. The molecule has 0 saturated carbocycles. The number of rotatable bonds is 6. The first-order valence-corrected chi connectivity index (χ1v) is 10.5. The maximum absolute atomic E-state index is 13.3. The Balaban J connectivity index is 1.63. The smallest absolute Gasteiger partial charge is 0.251 e. The monoisotopic (exact) mass is 430 g/mol. The van der Waals surface area contributed by atoms with Crippen molar-refractivity contribution in [3.8, 4) is 11.5 Å². The number of benzene rings is 3. The van der Waals surface area contributed by atoms with Crippen molar-refractivity contribution in [1.82, 2.24) is 10.2 Å². The molecule has 1 aliphatic heterocycles. The predicted molar refractivity (Wildman–Crippen MR) is 122 cm³/mol. The molecule has 32 heavy (non-hydrogen) atoms. The molecule has 6 heteroatoms. The summed E-state index contributed by atoms with van der Waals surface area (Å²) in [7, 11) is 3.22. The second-order valence-corrected chi connectivity index (χ2v) is 7.61. The van der Waals surface area contributed by atoms with Crippen LogP contribution in [0.25, 0.3) is 0 Å². The molecule has 1 unspecified atom stereocenters.